The van der Waals surface area contributed by atoms with E-state index in [4.69, 9.17) is 0 Å². The minimum Gasteiger partial charge on any atom is -0.311 e. The molecule has 0 spiro atoms. The Hall–Kier alpha value is -4.50. The predicted octanol–water partition coefficient (Wildman–Crippen LogP) is 7.36. The van der Waals surface area contributed by atoms with E-state index in [-0.39, 0.29) is 0 Å². The minimum absolute atomic E-state index is 0.413. The van der Waals surface area contributed by atoms with Crippen LogP contribution in [-0.4, -0.2) is 11.6 Å². The van der Waals surface area contributed by atoms with E-state index in [2.05, 4.69) is 53.4 Å². The lowest BCUT2D eigenvalue weighted by molar-refractivity contribution is 0.0825. The van der Waals surface area contributed by atoms with Crippen LogP contribution in [0.5, 0.6) is 0 Å². The monoisotopic (exact) mass is 425 g/mol. The predicted molar refractivity (Wildman–Crippen MR) is 133 cm³/mol. The molecule has 0 radical (unpaired) electrons. The Morgan fingerprint density at radius 2 is 0.939 bits per heavy atom. The van der Waals surface area contributed by atoms with Gasteiger partial charge in [-0.2, -0.15) is 0 Å². The van der Waals surface area contributed by atoms with Crippen molar-refractivity contribution in [1.82, 2.24) is 0 Å². The maximum absolute atomic E-state index is 12.4. The van der Waals surface area contributed by atoms with Crippen molar-refractivity contribution < 1.29 is 9.59 Å². The van der Waals surface area contributed by atoms with Crippen molar-refractivity contribution in [1.29, 1.82) is 0 Å². The quantitative estimate of drug-likeness (QED) is 0.282. The Labute approximate surface area is 191 Å². The Kier molecular flexibility index (Phi) is 4.41. The van der Waals surface area contributed by atoms with Crippen LogP contribution in [0, 0.1) is 0 Å². The van der Waals surface area contributed by atoms with E-state index in [0.717, 1.165) is 39.0 Å². The van der Waals surface area contributed by atoms with Gasteiger partial charge in [0.15, 0.2) is 0 Å². The molecule has 0 atom stereocenters. The van der Waals surface area contributed by atoms with Crippen LogP contribution in [0.15, 0.2) is 115 Å². The molecule has 0 N–H and O–H groups in total. The van der Waals surface area contributed by atoms with Gasteiger partial charge in [-0.05, 0) is 59.0 Å². The van der Waals surface area contributed by atoms with E-state index in [0.29, 0.717) is 11.1 Å². The van der Waals surface area contributed by atoms with Gasteiger partial charge in [-0.1, -0.05) is 72.8 Å². The SMILES string of the molecule is O=C1C(=O)c2ccc(-c3ccc(N(c4ccccc4)c4ccccc4)cc3)c3cccc1c23. The maximum atomic E-state index is 12.4. The summed E-state index contributed by atoms with van der Waals surface area (Å²) < 4.78 is 0. The first-order valence-electron chi connectivity index (χ1n) is 10.9. The molecular formula is C30H19NO2. The number of carbonyl (C=O) groups excluding carboxylic acids is 2. The molecule has 0 unspecified atom stereocenters. The Morgan fingerprint density at radius 1 is 0.424 bits per heavy atom. The van der Waals surface area contributed by atoms with Crippen LogP contribution in [0.4, 0.5) is 17.1 Å². The second kappa shape index (κ2) is 7.57. The fraction of sp³-hybridized carbons (Fsp3) is 0. The summed E-state index contributed by atoms with van der Waals surface area (Å²) in [7, 11) is 0. The maximum Gasteiger partial charge on any atom is 0.234 e. The summed E-state index contributed by atoms with van der Waals surface area (Å²) in [6.45, 7) is 0. The number of anilines is 3. The van der Waals surface area contributed by atoms with E-state index < -0.39 is 11.6 Å². The number of nitrogens with zero attached hydrogens (tertiary/aromatic N) is 1. The van der Waals surface area contributed by atoms with E-state index in [1.165, 1.54) is 0 Å². The van der Waals surface area contributed by atoms with Gasteiger partial charge in [-0.15, -0.1) is 0 Å². The zero-order valence-corrected chi connectivity index (χ0v) is 17.7. The second-order valence-electron chi connectivity index (χ2n) is 8.10. The number of carbonyl (C=O) groups is 2. The first kappa shape index (κ1) is 19.2. The van der Waals surface area contributed by atoms with Gasteiger partial charge >= 0.3 is 0 Å². The van der Waals surface area contributed by atoms with Gasteiger partial charge in [0.05, 0.1) is 0 Å². The van der Waals surface area contributed by atoms with Crippen LogP contribution in [0.3, 0.4) is 0 Å². The van der Waals surface area contributed by atoms with E-state index >= 15 is 0 Å². The molecule has 0 amide bonds. The average Bonchev–Trinajstić information content (AvgIpc) is 3.13. The molecule has 3 nitrogen and oxygen atoms in total. The summed E-state index contributed by atoms with van der Waals surface area (Å²) in [5.41, 5.74) is 6.27. The standard InChI is InChI=1S/C30H19NO2/c32-29-26-13-7-12-25-24(18-19-27(28(25)26)30(29)33)20-14-16-23(17-15-20)31(21-8-3-1-4-9-21)22-10-5-2-6-11-22/h1-19H. The molecule has 0 heterocycles. The third kappa shape index (κ3) is 3.06. The highest BCUT2D eigenvalue weighted by Gasteiger charge is 2.31. The van der Waals surface area contributed by atoms with Crippen LogP contribution in [0.25, 0.3) is 21.9 Å². The largest absolute Gasteiger partial charge is 0.311 e. The van der Waals surface area contributed by atoms with Gasteiger partial charge in [0.1, 0.15) is 0 Å². The van der Waals surface area contributed by atoms with Gasteiger partial charge < -0.3 is 4.90 Å². The highest BCUT2D eigenvalue weighted by molar-refractivity contribution is 6.57. The number of hydrogen-bond acceptors (Lipinski definition) is 3. The lowest BCUT2D eigenvalue weighted by Gasteiger charge is -2.25. The number of hydrogen-bond donors (Lipinski definition) is 0. The smallest absolute Gasteiger partial charge is 0.234 e. The van der Waals surface area contributed by atoms with Gasteiger partial charge in [-0.25, -0.2) is 0 Å². The van der Waals surface area contributed by atoms with E-state index in [1.807, 2.05) is 54.6 Å². The van der Waals surface area contributed by atoms with Crippen LogP contribution in [0.1, 0.15) is 20.7 Å². The normalized spacial score (nSPS) is 12.4. The zero-order valence-electron chi connectivity index (χ0n) is 17.7. The fourth-order valence-electron chi connectivity index (χ4n) is 4.67. The first-order chi connectivity index (χ1) is 16.2. The van der Waals surface area contributed by atoms with E-state index in [9.17, 15) is 9.59 Å². The molecule has 0 aromatic heterocycles. The molecule has 0 fully saturated rings. The molecule has 6 rings (SSSR count). The molecular weight excluding hydrogens is 406 g/mol. The van der Waals surface area contributed by atoms with Crippen molar-refractivity contribution in [2.24, 2.45) is 0 Å². The molecule has 1 aliphatic rings. The molecule has 0 aliphatic heterocycles. The van der Waals surface area contributed by atoms with Gasteiger partial charge in [-0.3, -0.25) is 9.59 Å². The molecule has 156 valence electrons. The number of para-hydroxylation sites is 2. The third-order valence-corrected chi connectivity index (χ3v) is 6.20. The van der Waals surface area contributed by atoms with Crippen molar-refractivity contribution in [3.05, 3.63) is 126 Å². The molecule has 0 saturated carbocycles. The zero-order chi connectivity index (χ0) is 22.4. The average molecular weight is 425 g/mol. The van der Waals surface area contributed by atoms with Gasteiger partial charge in [0, 0.05) is 33.6 Å². The van der Waals surface area contributed by atoms with Crippen molar-refractivity contribution in [2.75, 3.05) is 4.90 Å². The van der Waals surface area contributed by atoms with Gasteiger partial charge in [0.2, 0.25) is 11.6 Å². The topological polar surface area (TPSA) is 37.4 Å². The molecule has 3 heteroatoms. The lowest BCUT2D eigenvalue weighted by atomic mass is 9.95. The Morgan fingerprint density at radius 3 is 1.55 bits per heavy atom. The fourth-order valence-corrected chi connectivity index (χ4v) is 4.67. The summed E-state index contributed by atoms with van der Waals surface area (Å²) in [5.74, 6) is -0.825. The Balaban J connectivity index is 1.46. The molecule has 5 aromatic carbocycles. The molecule has 0 bridgehead atoms. The summed E-state index contributed by atoms with van der Waals surface area (Å²) in [4.78, 5) is 26.9. The minimum atomic E-state index is -0.413. The first-order valence-corrected chi connectivity index (χ1v) is 10.9. The van der Waals surface area contributed by atoms with E-state index in [1.54, 1.807) is 12.1 Å². The van der Waals surface area contributed by atoms with Crippen molar-refractivity contribution >= 4 is 39.4 Å². The molecule has 0 saturated heterocycles. The molecule has 1 aliphatic carbocycles. The van der Waals surface area contributed by atoms with Gasteiger partial charge in [0.25, 0.3) is 0 Å². The van der Waals surface area contributed by atoms with Crippen LogP contribution in [0.2, 0.25) is 0 Å². The summed E-state index contributed by atoms with van der Waals surface area (Å²) in [5, 5.41) is 1.70. The second-order valence-corrected chi connectivity index (χ2v) is 8.10. The van der Waals surface area contributed by atoms with Crippen molar-refractivity contribution in [3.8, 4) is 11.1 Å². The lowest BCUT2D eigenvalue weighted by Crippen LogP contribution is -2.09. The summed E-state index contributed by atoms with van der Waals surface area (Å²) in [6.07, 6.45) is 0. The number of Topliss-reactive ketones (excluding diaryl/α,β-unsaturated/α-hetero) is 2. The third-order valence-electron chi connectivity index (χ3n) is 6.20. The number of ketones is 2. The van der Waals surface area contributed by atoms with Crippen LogP contribution in [-0.2, 0) is 0 Å². The van der Waals surface area contributed by atoms with Crippen LogP contribution >= 0.6 is 0 Å². The highest BCUT2D eigenvalue weighted by atomic mass is 16.2. The summed E-state index contributed by atoms with van der Waals surface area (Å²) >= 11 is 0. The van der Waals surface area contributed by atoms with Crippen molar-refractivity contribution in [3.63, 3.8) is 0 Å². The number of rotatable bonds is 4. The van der Waals surface area contributed by atoms with Crippen LogP contribution < -0.4 is 4.90 Å². The summed E-state index contributed by atoms with van der Waals surface area (Å²) in [6, 6.07) is 38.3. The highest BCUT2D eigenvalue weighted by Crippen LogP contribution is 2.39. The molecule has 5 aromatic rings. The Bertz CT molecular complexity index is 1460. The molecule has 33 heavy (non-hydrogen) atoms. The van der Waals surface area contributed by atoms with Crippen molar-refractivity contribution in [2.45, 2.75) is 0 Å². The number of benzene rings is 5.